The van der Waals surface area contributed by atoms with E-state index in [9.17, 15) is 13.2 Å². The summed E-state index contributed by atoms with van der Waals surface area (Å²) in [4.78, 5) is 12.5. The molecule has 0 atom stereocenters. The number of aromatic nitrogens is 2. The minimum atomic E-state index is -3.41. The van der Waals surface area contributed by atoms with Gasteiger partial charge in [0, 0.05) is 17.4 Å². The number of carbonyl (C=O) groups excluding carboxylic acids is 1. The monoisotopic (exact) mass is 398 g/mol. The lowest BCUT2D eigenvalue weighted by atomic mass is 10.2. The van der Waals surface area contributed by atoms with Crippen LogP contribution in [0.2, 0.25) is 0 Å². The van der Waals surface area contributed by atoms with Crippen LogP contribution in [-0.4, -0.2) is 29.9 Å². The van der Waals surface area contributed by atoms with Gasteiger partial charge in [0.25, 0.3) is 5.91 Å². The van der Waals surface area contributed by atoms with Crippen LogP contribution in [0.25, 0.3) is 0 Å². The number of amides is 1. The molecule has 3 rings (SSSR count). The molecule has 7 nitrogen and oxygen atoms in total. The summed E-state index contributed by atoms with van der Waals surface area (Å²) in [6, 6.07) is 16.3. The van der Waals surface area contributed by atoms with Gasteiger partial charge in [-0.3, -0.25) is 14.2 Å². The first-order valence-corrected chi connectivity index (χ1v) is 10.6. The molecule has 0 aliphatic heterocycles. The first-order chi connectivity index (χ1) is 13.4. The molecule has 0 aliphatic carbocycles. The van der Waals surface area contributed by atoms with Crippen molar-refractivity contribution in [3.05, 3.63) is 78.1 Å². The Balaban J connectivity index is 1.66. The van der Waals surface area contributed by atoms with Crippen LogP contribution in [0.15, 0.2) is 67.0 Å². The lowest BCUT2D eigenvalue weighted by Gasteiger charge is -2.09. The number of benzene rings is 2. The molecule has 1 amide bonds. The molecule has 0 saturated carbocycles. The Kier molecular flexibility index (Phi) is 6.10. The Labute approximate surface area is 164 Å². The lowest BCUT2D eigenvalue weighted by Crippen LogP contribution is -2.17. The molecule has 0 fully saturated rings. The molecule has 0 saturated heterocycles. The van der Waals surface area contributed by atoms with Crippen LogP contribution in [0.3, 0.4) is 0 Å². The van der Waals surface area contributed by atoms with Crippen molar-refractivity contribution < 1.29 is 13.2 Å². The van der Waals surface area contributed by atoms with Crippen molar-refractivity contribution >= 4 is 27.3 Å². The van der Waals surface area contributed by atoms with Crippen molar-refractivity contribution in [2.75, 3.05) is 15.8 Å². The maximum Gasteiger partial charge on any atom is 0.255 e. The van der Waals surface area contributed by atoms with E-state index < -0.39 is 10.0 Å². The summed E-state index contributed by atoms with van der Waals surface area (Å²) in [5.74, 6) is -0.305. The number of hydrogen-bond donors (Lipinski definition) is 2. The predicted octanol–water partition coefficient (Wildman–Crippen LogP) is 3.34. The third-order valence-corrected chi connectivity index (χ3v) is 5.44. The normalized spacial score (nSPS) is 11.2. The number of nitrogens with one attached hydrogen (secondary N) is 2. The SMILES string of the molecule is CCCS(=O)(=O)Nc1cccc(C(=O)Nc2cnn(Cc3ccccc3)c2)c1. The van der Waals surface area contributed by atoms with E-state index in [1.165, 1.54) is 6.07 Å². The summed E-state index contributed by atoms with van der Waals surface area (Å²) in [6.07, 6.45) is 3.84. The van der Waals surface area contributed by atoms with Gasteiger partial charge in [0.15, 0.2) is 0 Å². The first kappa shape index (κ1) is 19.6. The zero-order valence-electron chi connectivity index (χ0n) is 15.5. The van der Waals surface area contributed by atoms with Gasteiger partial charge in [-0.05, 0) is 30.2 Å². The standard InChI is InChI=1S/C20H22N4O3S/c1-2-11-28(26,27)23-18-10-6-9-17(12-18)20(25)22-19-13-21-24(15-19)14-16-7-4-3-5-8-16/h3-10,12-13,15,23H,2,11,14H2,1H3,(H,22,25). The molecule has 3 aromatic rings. The quantitative estimate of drug-likeness (QED) is 0.609. The summed E-state index contributed by atoms with van der Waals surface area (Å²) in [5.41, 5.74) is 2.39. The molecule has 2 N–H and O–H groups in total. The molecule has 28 heavy (non-hydrogen) atoms. The van der Waals surface area contributed by atoms with Gasteiger partial charge in [-0.25, -0.2) is 8.42 Å². The molecule has 0 bridgehead atoms. The highest BCUT2D eigenvalue weighted by Crippen LogP contribution is 2.15. The zero-order valence-corrected chi connectivity index (χ0v) is 16.3. The molecule has 0 unspecified atom stereocenters. The molecule has 0 radical (unpaired) electrons. The van der Waals surface area contributed by atoms with Gasteiger partial charge >= 0.3 is 0 Å². The Morgan fingerprint density at radius 3 is 2.61 bits per heavy atom. The highest BCUT2D eigenvalue weighted by molar-refractivity contribution is 7.92. The third-order valence-electron chi connectivity index (χ3n) is 3.95. The van der Waals surface area contributed by atoms with E-state index in [1.54, 1.807) is 42.2 Å². The summed E-state index contributed by atoms with van der Waals surface area (Å²) in [6.45, 7) is 2.40. The van der Waals surface area contributed by atoms with Gasteiger partial charge in [-0.1, -0.05) is 43.3 Å². The van der Waals surface area contributed by atoms with Gasteiger partial charge in [-0.15, -0.1) is 0 Å². The van der Waals surface area contributed by atoms with E-state index in [1.807, 2.05) is 30.3 Å². The first-order valence-electron chi connectivity index (χ1n) is 8.93. The van der Waals surface area contributed by atoms with Crippen LogP contribution < -0.4 is 10.0 Å². The molecule has 1 heterocycles. The second-order valence-electron chi connectivity index (χ2n) is 6.37. The van der Waals surface area contributed by atoms with Crippen molar-refractivity contribution in [3.8, 4) is 0 Å². The summed E-state index contributed by atoms with van der Waals surface area (Å²) in [5, 5.41) is 7.04. The average molecular weight is 398 g/mol. The second-order valence-corrected chi connectivity index (χ2v) is 8.21. The topological polar surface area (TPSA) is 93.1 Å². The molecular formula is C20H22N4O3S. The lowest BCUT2D eigenvalue weighted by molar-refractivity contribution is 0.102. The molecule has 1 aromatic heterocycles. The molecule has 2 aromatic carbocycles. The fraction of sp³-hybridized carbons (Fsp3) is 0.200. The molecule has 0 spiro atoms. The van der Waals surface area contributed by atoms with Gasteiger partial charge in [0.05, 0.1) is 24.2 Å². The maximum atomic E-state index is 12.5. The minimum absolute atomic E-state index is 0.0318. The molecule has 0 aliphatic rings. The van der Waals surface area contributed by atoms with Crippen LogP contribution in [0.1, 0.15) is 29.3 Å². The summed E-state index contributed by atoms with van der Waals surface area (Å²) >= 11 is 0. The van der Waals surface area contributed by atoms with Crippen LogP contribution in [-0.2, 0) is 16.6 Å². The fourth-order valence-electron chi connectivity index (χ4n) is 2.71. The van der Waals surface area contributed by atoms with E-state index in [4.69, 9.17) is 0 Å². The molecule has 146 valence electrons. The van der Waals surface area contributed by atoms with Gasteiger partial charge in [0.2, 0.25) is 10.0 Å². The molecule has 8 heteroatoms. The summed E-state index contributed by atoms with van der Waals surface area (Å²) in [7, 11) is -3.41. The van der Waals surface area contributed by atoms with Gasteiger partial charge < -0.3 is 5.32 Å². The fourth-order valence-corrected chi connectivity index (χ4v) is 3.84. The maximum absolute atomic E-state index is 12.5. The van der Waals surface area contributed by atoms with Crippen molar-refractivity contribution in [2.45, 2.75) is 19.9 Å². The predicted molar refractivity (Wildman–Crippen MR) is 110 cm³/mol. The smallest absolute Gasteiger partial charge is 0.255 e. The van der Waals surface area contributed by atoms with Crippen LogP contribution in [0.5, 0.6) is 0 Å². The van der Waals surface area contributed by atoms with Crippen molar-refractivity contribution in [1.29, 1.82) is 0 Å². The Hall–Kier alpha value is -3.13. The van der Waals surface area contributed by atoms with Crippen molar-refractivity contribution in [1.82, 2.24) is 9.78 Å². The third kappa shape index (κ3) is 5.43. The number of anilines is 2. The van der Waals surface area contributed by atoms with E-state index >= 15 is 0 Å². The van der Waals surface area contributed by atoms with Crippen LogP contribution >= 0.6 is 0 Å². The number of nitrogens with zero attached hydrogens (tertiary/aromatic N) is 2. The van der Waals surface area contributed by atoms with Crippen LogP contribution in [0.4, 0.5) is 11.4 Å². The van der Waals surface area contributed by atoms with Crippen molar-refractivity contribution in [3.63, 3.8) is 0 Å². The Morgan fingerprint density at radius 2 is 1.86 bits per heavy atom. The zero-order chi connectivity index (χ0) is 20.0. The number of rotatable bonds is 8. The van der Waals surface area contributed by atoms with Crippen LogP contribution in [0, 0.1) is 0 Å². The number of sulfonamides is 1. The van der Waals surface area contributed by atoms with E-state index in [-0.39, 0.29) is 11.7 Å². The highest BCUT2D eigenvalue weighted by Gasteiger charge is 2.12. The van der Waals surface area contributed by atoms with Crippen molar-refractivity contribution in [2.24, 2.45) is 0 Å². The molecular weight excluding hydrogens is 376 g/mol. The second kappa shape index (κ2) is 8.71. The number of carbonyl (C=O) groups is 1. The average Bonchev–Trinajstić information content (AvgIpc) is 3.09. The Morgan fingerprint density at radius 1 is 1.07 bits per heavy atom. The van der Waals surface area contributed by atoms with Gasteiger partial charge in [0.1, 0.15) is 0 Å². The summed E-state index contributed by atoms with van der Waals surface area (Å²) < 4.78 is 28.0. The Bertz CT molecular complexity index is 1050. The minimum Gasteiger partial charge on any atom is -0.319 e. The largest absolute Gasteiger partial charge is 0.319 e. The number of hydrogen-bond acceptors (Lipinski definition) is 4. The highest BCUT2D eigenvalue weighted by atomic mass is 32.2. The van der Waals surface area contributed by atoms with E-state index in [2.05, 4.69) is 15.1 Å². The van der Waals surface area contributed by atoms with E-state index in [0.717, 1.165) is 5.56 Å². The van der Waals surface area contributed by atoms with Gasteiger partial charge in [-0.2, -0.15) is 5.10 Å². The van der Waals surface area contributed by atoms with E-state index in [0.29, 0.717) is 29.9 Å².